The van der Waals surface area contributed by atoms with Gasteiger partial charge in [0.25, 0.3) is 0 Å². The molecular formula is C15H18N4OS. The second-order valence-corrected chi connectivity index (χ2v) is 6.66. The standard InChI is InChI=1S/C15H18N4OS/c1-5-6-21-14-10(8-17)11(12(20)15(2,3)4)9(7-16)13(18)19-14/h5-6H2,1-4H3,(H2,18,19). The van der Waals surface area contributed by atoms with E-state index >= 15 is 0 Å². The van der Waals surface area contributed by atoms with E-state index in [0.717, 1.165) is 12.2 Å². The molecule has 0 fully saturated rings. The summed E-state index contributed by atoms with van der Waals surface area (Å²) in [6.45, 7) is 7.24. The maximum absolute atomic E-state index is 12.6. The van der Waals surface area contributed by atoms with Crippen molar-refractivity contribution in [2.24, 2.45) is 5.41 Å². The van der Waals surface area contributed by atoms with Gasteiger partial charge in [-0.3, -0.25) is 4.79 Å². The molecule has 2 N–H and O–H groups in total. The number of Topliss-reactive ketones (excluding diaryl/α,β-unsaturated/α-hetero) is 1. The van der Waals surface area contributed by atoms with Crippen molar-refractivity contribution in [1.29, 1.82) is 10.5 Å². The van der Waals surface area contributed by atoms with Gasteiger partial charge >= 0.3 is 0 Å². The van der Waals surface area contributed by atoms with Crippen molar-refractivity contribution < 1.29 is 4.79 Å². The Balaban J connectivity index is 3.66. The fourth-order valence-electron chi connectivity index (χ4n) is 1.70. The average Bonchev–Trinajstić information content (AvgIpc) is 2.42. The highest BCUT2D eigenvalue weighted by molar-refractivity contribution is 7.99. The zero-order valence-electron chi connectivity index (χ0n) is 12.6. The molecule has 0 saturated heterocycles. The number of thioether (sulfide) groups is 1. The van der Waals surface area contributed by atoms with Crippen LogP contribution in [0.2, 0.25) is 0 Å². The van der Waals surface area contributed by atoms with E-state index in [1.165, 1.54) is 11.8 Å². The summed E-state index contributed by atoms with van der Waals surface area (Å²) >= 11 is 1.37. The quantitative estimate of drug-likeness (QED) is 0.677. The lowest BCUT2D eigenvalue weighted by atomic mass is 9.83. The first-order valence-corrected chi connectivity index (χ1v) is 7.57. The van der Waals surface area contributed by atoms with E-state index in [1.807, 2.05) is 19.1 Å². The fourth-order valence-corrected chi connectivity index (χ4v) is 2.56. The molecule has 0 unspecified atom stereocenters. The minimum atomic E-state index is -0.711. The number of carbonyl (C=O) groups is 1. The predicted molar refractivity (Wildman–Crippen MR) is 82.9 cm³/mol. The van der Waals surface area contributed by atoms with Crippen molar-refractivity contribution in [3.05, 3.63) is 16.7 Å². The Labute approximate surface area is 129 Å². The van der Waals surface area contributed by atoms with Crippen molar-refractivity contribution in [1.82, 2.24) is 4.98 Å². The van der Waals surface area contributed by atoms with Crippen LogP contribution in [0.3, 0.4) is 0 Å². The Morgan fingerprint density at radius 3 is 2.29 bits per heavy atom. The molecule has 21 heavy (non-hydrogen) atoms. The minimum absolute atomic E-state index is 0.00250. The molecule has 0 aliphatic heterocycles. The molecule has 110 valence electrons. The number of nitrogens with zero attached hydrogens (tertiary/aromatic N) is 3. The topological polar surface area (TPSA) is 104 Å². The average molecular weight is 302 g/mol. The van der Waals surface area contributed by atoms with E-state index in [-0.39, 0.29) is 28.3 Å². The molecule has 0 atom stereocenters. The van der Waals surface area contributed by atoms with Gasteiger partial charge in [-0.15, -0.1) is 11.8 Å². The Kier molecular flexibility index (Phi) is 5.34. The number of nitriles is 2. The number of nitrogen functional groups attached to an aromatic ring is 1. The highest BCUT2D eigenvalue weighted by Gasteiger charge is 2.31. The SMILES string of the molecule is CCCSc1nc(N)c(C#N)c(C(=O)C(C)(C)C)c1C#N. The highest BCUT2D eigenvalue weighted by atomic mass is 32.2. The Hall–Kier alpha value is -2.05. The van der Waals surface area contributed by atoms with Crippen LogP contribution in [0.15, 0.2) is 5.03 Å². The van der Waals surface area contributed by atoms with E-state index in [4.69, 9.17) is 5.73 Å². The molecule has 0 bridgehead atoms. The van der Waals surface area contributed by atoms with Crippen molar-refractivity contribution in [2.45, 2.75) is 39.1 Å². The first-order valence-electron chi connectivity index (χ1n) is 6.59. The first kappa shape index (κ1) is 17.0. The number of hydrogen-bond acceptors (Lipinski definition) is 6. The molecule has 0 saturated carbocycles. The van der Waals surface area contributed by atoms with Gasteiger partial charge in [-0.05, 0) is 12.2 Å². The zero-order valence-corrected chi connectivity index (χ0v) is 13.5. The van der Waals surface area contributed by atoms with Gasteiger partial charge in [0.2, 0.25) is 0 Å². The van der Waals surface area contributed by atoms with Crippen LogP contribution < -0.4 is 5.73 Å². The van der Waals surface area contributed by atoms with Crippen LogP contribution in [0.4, 0.5) is 5.82 Å². The molecule has 0 amide bonds. The third kappa shape index (κ3) is 3.53. The summed E-state index contributed by atoms with van der Waals surface area (Å²) in [7, 11) is 0. The van der Waals surface area contributed by atoms with E-state index < -0.39 is 5.41 Å². The maximum Gasteiger partial charge on any atom is 0.171 e. The van der Waals surface area contributed by atoms with Gasteiger partial charge in [0, 0.05) is 5.41 Å². The Morgan fingerprint density at radius 2 is 1.86 bits per heavy atom. The van der Waals surface area contributed by atoms with Crippen LogP contribution in [0.25, 0.3) is 0 Å². The lowest BCUT2D eigenvalue weighted by Crippen LogP contribution is -2.24. The van der Waals surface area contributed by atoms with Crippen LogP contribution in [0, 0.1) is 28.1 Å². The van der Waals surface area contributed by atoms with E-state index in [1.54, 1.807) is 20.8 Å². The molecule has 1 aromatic rings. The van der Waals surface area contributed by atoms with E-state index in [9.17, 15) is 15.3 Å². The third-order valence-electron chi connectivity index (χ3n) is 2.77. The second kappa shape index (κ2) is 6.60. The van der Waals surface area contributed by atoms with Gasteiger partial charge in [-0.2, -0.15) is 10.5 Å². The molecule has 6 heteroatoms. The zero-order chi connectivity index (χ0) is 16.2. The molecule has 1 rings (SSSR count). The third-order valence-corrected chi connectivity index (χ3v) is 3.95. The molecule has 0 aliphatic carbocycles. The van der Waals surface area contributed by atoms with E-state index in [2.05, 4.69) is 4.98 Å². The molecule has 0 aromatic carbocycles. The molecule has 0 aliphatic rings. The summed E-state index contributed by atoms with van der Waals surface area (Å²) in [6.07, 6.45) is 0.902. The van der Waals surface area contributed by atoms with Gasteiger partial charge in [-0.1, -0.05) is 27.7 Å². The van der Waals surface area contributed by atoms with Crippen molar-refractivity contribution in [3.63, 3.8) is 0 Å². The molecule has 1 aromatic heterocycles. The Morgan fingerprint density at radius 1 is 1.29 bits per heavy atom. The van der Waals surface area contributed by atoms with Crippen molar-refractivity contribution in [3.8, 4) is 12.1 Å². The largest absolute Gasteiger partial charge is 0.383 e. The van der Waals surface area contributed by atoms with Crippen LogP contribution in [-0.4, -0.2) is 16.5 Å². The molecule has 5 nitrogen and oxygen atoms in total. The highest BCUT2D eigenvalue weighted by Crippen LogP contribution is 2.33. The molecule has 0 radical (unpaired) electrons. The molecule has 0 spiro atoms. The minimum Gasteiger partial charge on any atom is -0.383 e. The summed E-state index contributed by atoms with van der Waals surface area (Å²) in [6, 6.07) is 3.92. The molecule has 1 heterocycles. The summed E-state index contributed by atoms with van der Waals surface area (Å²) in [5.41, 5.74) is 5.33. The monoisotopic (exact) mass is 302 g/mol. The Bertz CT molecular complexity index is 648. The normalized spacial score (nSPS) is 10.8. The maximum atomic E-state index is 12.6. The lowest BCUT2D eigenvalue weighted by Gasteiger charge is -2.19. The van der Waals surface area contributed by atoms with Gasteiger partial charge in [0.1, 0.15) is 28.5 Å². The number of ketones is 1. The van der Waals surface area contributed by atoms with Crippen molar-refractivity contribution in [2.75, 3.05) is 11.5 Å². The van der Waals surface area contributed by atoms with Gasteiger partial charge < -0.3 is 5.73 Å². The van der Waals surface area contributed by atoms with Crippen molar-refractivity contribution >= 4 is 23.4 Å². The van der Waals surface area contributed by atoms with E-state index in [0.29, 0.717) is 5.03 Å². The number of rotatable bonds is 4. The smallest absolute Gasteiger partial charge is 0.171 e. The van der Waals surface area contributed by atoms with Crippen LogP contribution in [0.1, 0.15) is 55.6 Å². The predicted octanol–water partition coefficient (Wildman–Crippen LogP) is 3.14. The van der Waals surface area contributed by atoms with Gasteiger partial charge in [0.05, 0.1) is 11.1 Å². The number of hydrogen-bond donors (Lipinski definition) is 1. The number of carbonyl (C=O) groups excluding carboxylic acids is 1. The summed E-state index contributed by atoms with van der Waals surface area (Å²) < 4.78 is 0. The summed E-state index contributed by atoms with van der Waals surface area (Å²) in [5, 5.41) is 19.1. The number of anilines is 1. The lowest BCUT2D eigenvalue weighted by molar-refractivity contribution is 0.0857. The van der Waals surface area contributed by atoms with Gasteiger partial charge in [-0.25, -0.2) is 4.98 Å². The fraction of sp³-hybridized carbons (Fsp3) is 0.467. The second-order valence-electron chi connectivity index (χ2n) is 5.58. The van der Waals surface area contributed by atoms with Gasteiger partial charge in [0.15, 0.2) is 5.78 Å². The van der Waals surface area contributed by atoms with Crippen LogP contribution in [0.5, 0.6) is 0 Å². The van der Waals surface area contributed by atoms with Crippen LogP contribution in [-0.2, 0) is 0 Å². The number of pyridine rings is 1. The van der Waals surface area contributed by atoms with Crippen LogP contribution >= 0.6 is 11.8 Å². The molecular weight excluding hydrogens is 284 g/mol. The summed E-state index contributed by atoms with van der Waals surface area (Å²) in [5.74, 6) is 0.488. The number of nitrogens with two attached hydrogens (primary N) is 1. The number of aromatic nitrogens is 1. The summed E-state index contributed by atoms with van der Waals surface area (Å²) in [4.78, 5) is 16.7. The first-order chi connectivity index (χ1) is 9.77.